The predicted molar refractivity (Wildman–Crippen MR) is 60.0 cm³/mol. The molecule has 6 nitrogen and oxygen atoms in total. The van der Waals surface area contributed by atoms with Gasteiger partial charge in [-0.3, -0.25) is 14.9 Å². The highest BCUT2D eigenvalue weighted by molar-refractivity contribution is 5.74. The fourth-order valence-corrected chi connectivity index (χ4v) is 1.35. The van der Waals surface area contributed by atoms with Gasteiger partial charge in [0.25, 0.3) is 5.69 Å². The van der Waals surface area contributed by atoms with E-state index >= 15 is 0 Å². The molecule has 0 heterocycles. The number of carbonyl (C=O) groups is 1. The van der Waals surface area contributed by atoms with E-state index in [0.29, 0.717) is 0 Å². The van der Waals surface area contributed by atoms with Crippen molar-refractivity contribution < 1.29 is 14.1 Å². The van der Waals surface area contributed by atoms with Crippen molar-refractivity contribution in [3.05, 3.63) is 34.1 Å². The lowest BCUT2D eigenvalue weighted by atomic mass is 10.2. The van der Waals surface area contributed by atoms with Gasteiger partial charge in [0.2, 0.25) is 5.91 Å². The largest absolute Gasteiger partial charge is 0.380 e. The zero-order chi connectivity index (χ0) is 13.0. The molecule has 7 heteroatoms. The molecule has 3 N–H and O–H groups in total. The topological polar surface area (TPSA) is 98.3 Å². The first kappa shape index (κ1) is 12.9. The van der Waals surface area contributed by atoms with Gasteiger partial charge in [0, 0.05) is 18.5 Å². The van der Waals surface area contributed by atoms with Crippen molar-refractivity contribution >= 4 is 17.3 Å². The van der Waals surface area contributed by atoms with Gasteiger partial charge >= 0.3 is 0 Å². The van der Waals surface area contributed by atoms with Crippen molar-refractivity contribution in [1.82, 2.24) is 0 Å². The molecule has 1 aromatic carbocycles. The number of amides is 1. The quantitative estimate of drug-likeness (QED) is 0.601. The third kappa shape index (κ3) is 3.71. The number of halogens is 1. The maximum Gasteiger partial charge on any atom is 0.272 e. The first-order valence-corrected chi connectivity index (χ1v) is 4.89. The SMILES string of the molecule is CC(CC(N)=O)Nc1ccc([N+](=O)[O-])cc1F. The van der Waals surface area contributed by atoms with E-state index in [4.69, 9.17) is 5.73 Å². The van der Waals surface area contributed by atoms with Crippen molar-refractivity contribution in [3.8, 4) is 0 Å². The van der Waals surface area contributed by atoms with E-state index in [9.17, 15) is 19.3 Å². The molecule has 0 aliphatic carbocycles. The molecule has 0 aromatic heterocycles. The minimum absolute atomic E-state index is 0.0520. The Kier molecular flexibility index (Phi) is 3.97. The van der Waals surface area contributed by atoms with E-state index in [1.54, 1.807) is 6.92 Å². The van der Waals surface area contributed by atoms with Gasteiger partial charge in [-0.1, -0.05) is 0 Å². The molecule has 92 valence electrons. The number of anilines is 1. The van der Waals surface area contributed by atoms with E-state index in [0.717, 1.165) is 6.07 Å². The first-order chi connectivity index (χ1) is 7.90. The van der Waals surface area contributed by atoms with Gasteiger partial charge in [0.05, 0.1) is 16.7 Å². The van der Waals surface area contributed by atoms with Gasteiger partial charge in [-0.2, -0.15) is 0 Å². The van der Waals surface area contributed by atoms with Crippen LogP contribution in [-0.4, -0.2) is 16.9 Å². The summed E-state index contributed by atoms with van der Waals surface area (Å²) in [5.41, 5.74) is 4.76. The number of nitrogens with zero attached hydrogens (tertiary/aromatic N) is 1. The fourth-order valence-electron chi connectivity index (χ4n) is 1.35. The number of primary amides is 1. The highest BCUT2D eigenvalue weighted by Gasteiger charge is 2.13. The lowest BCUT2D eigenvalue weighted by Crippen LogP contribution is -2.24. The summed E-state index contributed by atoms with van der Waals surface area (Å²) < 4.78 is 13.4. The molecule has 1 aromatic rings. The van der Waals surface area contributed by atoms with Gasteiger partial charge in [-0.05, 0) is 13.0 Å². The number of nitro benzene ring substituents is 1. The summed E-state index contributed by atoms with van der Waals surface area (Å²) in [4.78, 5) is 20.3. The number of nitro groups is 1. The van der Waals surface area contributed by atoms with E-state index in [1.807, 2.05) is 0 Å². The van der Waals surface area contributed by atoms with Gasteiger partial charge in [-0.25, -0.2) is 4.39 Å². The van der Waals surface area contributed by atoms with Crippen LogP contribution in [0.1, 0.15) is 13.3 Å². The molecule has 0 aliphatic heterocycles. The molecule has 0 spiro atoms. The maximum absolute atomic E-state index is 13.4. The Morgan fingerprint density at radius 1 is 1.65 bits per heavy atom. The number of benzene rings is 1. The Labute approximate surface area is 96.8 Å². The van der Waals surface area contributed by atoms with E-state index in [1.165, 1.54) is 12.1 Å². The number of nitrogens with two attached hydrogens (primary N) is 1. The lowest BCUT2D eigenvalue weighted by molar-refractivity contribution is -0.385. The zero-order valence-corrected chi connectivity index (χ0v) is 9.14. The Bertz CT molecular complexity index is 450. The lowest BCUT2D eigenvalue weighted by Gasteiger charge is -2.13. The smallest absolute Gasteiger partial charge is 0.272 e. The molecule has 0 bridgehead atoms. The normalized spacial score (nSPS) is 11.9. The summed E-state index contributed by atoms with van der Waals surface area (Å²) in [6.07, 6.45) is 0.0520. The van der Waals surface area contributed by atoms with Crippen LogP contribution in [0.4, 0.5) is 15.8 Å². The van der Waals surface area contributed by atoms with Crippen LogP contribution in [0.3, 0.4) is 0 Å². The third-order valence-corrected chi connectivity index (χ3v) is 2.07. The summed E-state index contributed by atoms with van der Waals surface area (Å²) in [6.45, 7) is 1.66. The van der Waals surface area contributed by atoms with Crippen LogP contribution in [0.15, 0.2) is 18.2 Å². The Morgan fingerprint density at radius 2 is 2.29 bits per heavy atom. The molecule has 0 saturated carbocycles. The molecule has 1 rings (SSSR count). The first-order valence-electron chi connectivity index (χ1n) is 4.89. The van der Waals surface area contributed by atoms with Crippen molar-refractivity contribution in [2.24, 2.45) is 5.73 Å². The van der Waals surface area contributed by atoms with E-state index < -0.39 is 16.6 Å². The molecule has 0 fully saturated rings. The summed E-state index contributed by atoms with van der Waals surface area (Å²) in [5, 5.41) is 13.1. The van der Waals surface area contributed by atoms with Gasteiger partial charge in [-0.15, -0.1) is 0 Å². The minimum Gasteiger partial charge on any atom is -0.380 e. The van der Waals surface area contributed by atoms with E-state index in [-0.39, 0.29) is 23.8 Å². The summed E-state index contributed by atoms with van der Waals surface area (Å²) >= 11 is 0. The van der Waals surface area contributed by atoms with Crippen LogP contribution < -0.4 is 11.1 Å². The second-order valence-electron chi connectivity index (χ2n) is 3.64. The van der Waals surface area contributed by atoms with Gasteiger partial charge in [0.15, 0.2) is 5.82 Å². The molecule has 0 radical (unpaired) electrons. The molecule has 0 aliphatic rings. The molecule has 0 saturated heterocycles. The Morgan fingerprint density at radius 3 is 2.76 bits per heavy atom. The second kappa shape index (κ2) is 5.24. The van der Waals surface area contributed by atoms with Crippen LogP contribution in [0.25, 0.3) is 0 Å². The summed E-state index contributed by atoms with van der Waals surface area (Å²) in [6, 6.07) is 2.91. The number of nitrogens with one attached hydrogen (secondary N) is 1. The van der Waals surface area contributed by atoms with Gasteiger partial charge < -0.3 is 11.1 Å². The number of carbonyl (C=O) groups excluding carboxylic acids is 1. The average Bonchev–Trinajstić information content (AvgIpc) is 2.19. The maximum atomic E-state index is 13.4. The molecule has 1 unspecified atom stereocenters. The van der Waals surface area contributed by atoms with Crippen molar-refractivity contribution in [1.29, 1.82) is 0 Å². The molecule has 1 amide bonds. The third-order valence-electron chi connectivity index (χ3n) is 2.07. The Hall–Kier alpha value is -2.18. The standard InChI is InChI=1S/C10H12FN3O3/c1-6(4-10(12)15)13-9-3-2-7(14(16)17)5-8(9)11/h2-3,5-6,13H,4H2,1H3,(H2,12,15). The van der Waals surface area contributed by atoms with Crippen LogP contribution in [-0.2, 0) is 4.79 Å². The number of rotatable bonds is 5. The molecular formula is C10H12FN3O3. The summed E-state index contributed by atoms with van der Waals surface area (Å²) in [5.74, 6) is -1.25. The minimum atomic E-state index is -0.740. The molecule has 1 atom stereocenters. The fraction of sp³-hybridized carbons (Fsp3) is 0.300. The highest BCUT2D eigenvalue weighted by atomic mass is 19.1. The second-order valence-corrected chi connectivity index (χ2v) is 3.64. The zero-order valence-electron chi connectivity index (χ0n) is 9.14. The van der Waals surface area contributed by atoms with Crippen molar-refractivity contribution in [3.63, 3.8) is 0 Å². The van der Waals surface area contributed by atoms with Crippen LogP contribution in [0.2, 0.25) is 0 Å². The van der Waals surface area contributed by atoms with Gasteiger partial charge in [0.1, 0.15) is 0 Å². The predicted octanol–water partition coefficient (Wildman–Crippen LogP) is 1.41. The summed E-state index contributed by atoms with van der Waals surface area (Å²) in [7, 11) is 0. The number of hydrogen-bond donors (Lipinski definition) is 2. The average molecular weight is 241 g/mol. The molecule has 17 heavy (non-hydrogen) atoms. The highest BCUT2D eigenvalue weighted by Crippen LogP contribution is 2.21. The van der Waals surface area contributed by atoms with Crippen LogP contribution in [0, 0.1) is 15.9 Å². The number of non-ortho nitro benzene ring substituents is 1. The number of hydrogen-bond acceptors (Lipinski definition) is 4. The van der Waals surface area contributed by atoms with E-state index in [2.05, 4.69) is 5.32 Å². The monoisotopic (exact) mass is 241 g/mol. The van der Waals surface area contributed by atoms with Crippen molar-refractivity contribution in [2.75, 3.05) is 5.32 Å². The van der Waals surface area contributed by atoms with Crippen LogP contribution >= 0.6 is 0 Å². The van der Waals surface area contributed by atoms with Crippen molar-refractivity contribution in [2.45, 2.75) is 19.4 Å². The molecular weight excluding hydrogens is 229 g/mol. The van der Waals surface area contributed by atoms with Crippen LogP contribution in [0.5, 0.6) is 0 Å². The Balaban J connectivity index is 2.79.